The van der Waals surface area contributed by atoms with Crippen LogP contribution < -0.4 is 0 Å². The summed E-state index contributed by atoms with van der Waals surface area (Å²) >= 11 is 1.63. The molecule has 0 unspecified atom stereocenters. The van der Waals surface area contributed by atoms with Crippen LogP contribution in [0.1, 0.15) is 5.01 Å². The number of rotatable bonds is 0. The highest BCUT2D eigenvalue weighted by molar-refractivity contribution is 7.09. The Hall–Kier alpha value is -0.890. The summed E-state index contributed by atoms with van der Waals surface area (Å²) in [5.74, 6) is 0. The highest BCUT2D eigenvalue weighted by atomic mass is 32.1. The third-order valence-electron chi connectivity index (χ3n) is 0.993. The fourth-order valence-corrected chi connectivity index (χ4v) is 1.03. The summed E-state index contributed by atoms with van der Waals surface area (Å²) < 4.78 is 0. The molecule has 0 atom stereocenters. The second-order valence-corrected chi connectivity index (χ2v) is 2.92. The van der Waals surface area contributed by atoms with Gasteiger partial charge in [-0.25, -0.2) is 0 Å². The summed E-state index contributed by atoms with van der Waals surface area (Å²) in [6.45, 7) is 1.99. The minimum Gasteiger partial charge on any atom is -0.251 e. The second-order valence-electron chi connectivity index (χ2n) is 1.82. The molecule has 0 saturated carbocycles. The molecule has 52 valence electrons. The summed E-state index contributed by atoms with van der Waals surface area (Å²) in [7, 11) is 0. The molecule has 0 spiro atoms. The van der Waals surface area contributed by atoms with Gasteiger partial charge in [-0.05, 0) is 18.4 Å². The number of hydrogen-bond donors (Lipinski definition) is 0. The van der Waals surface area contributed by atoms with E-state index >= 15 is 0 Å². The van der Waals surface area contributed by atoms with Crippen molar-refractivity contribution in [2.75, 3.05) is 0 Å². The monoisotopic (exact) mass is 151 g/mol. The molecule has 1 aromatic rings. The van der Waals surface area contributed by atoms with Gasteiger partial charge in [0.05, 0.1) is 5.01 Å². The molecule has 0 radical (unpaired) electrons. The number of aromatic nitrogens is 1. The number of hydrogen-bond acceptors (Lipinski definition) is 2. The zero-order valence-electron chi connectivity index (χ0n) is 5.82. The third kappa shape index (κ3) is 2.60. The molecule has 0 fully saturated rings. The molecule has 0 N–H and O–H groups in total. The molecule has 0 aromatic carbocycles. The van der Waals surface area contributed by atoms with Crippen LogP contribution in [0.5, 0.6) is 0 Å². The van der Waals surface area contributed by atoms with Crippen molar-refractivity contribution in [3.05, 3.63) is 40.8 Å². The van der Waals surface area contributed by atoms with Gasteiger partial charge in [0, 0.05) is 6.20 Å². The second kappa shape index (κ2) is 4.01. The maximum absolute atomic E-state index is 4.14. The Morgan fingerprint density at radius 1 is 1.20 bits per heavy atom. The first-order chi connectivity index (χ1) is 4.89. The van der Waals surface area contributed by atoms with E-state index < -0.39 is 0 Å². The van der Waals surface area contributed by atoms with Gasteiger partial charge in [-0.2, -0.15) is 0 Å². The van der Waals surface area contributed by atoms with Gasteiger partial charge in [-0.1, -0.05) is 18.2 Å². The lowest BCUT2D eigenvalue weighted by Crippen LogP contribution is -1.64. The van der Waals surface area contributed by atoms with Crippen LogP contribution in [0.15, 0.2) is 35.8 Å². The Balaban J connectivity index is 3.13. The summed E-state index contributed by atoms with van der Waals surface area (Å²) in [5, 5.41) is 3.08. The van der Waals surface area contributed by atoms with Gasteiger partial charge in [0.15, 0.2) is 0 Å². The standard InChI is InChI=1S/C8H9NS/c1-8-9-6-4-2-3-5-7-10-8/h2-7H,1H3. The van der Waals surface area contributed by atoms with Crippen molar-refractivity contribution in [1.82, 2.24) is 4.98 Å². The van der Waals surface area contributed by atoms with Crippen molar-refractivity contribution in [2.45, 2.75) is 6.92 Å². The van der Waals surface area contributed by atoms with Gasteiger partial charge in [-0.3, -0.25) is 4.98 Å². The first kappa shape index (κ1) is 7.22. The molecule has 2 heteroatoms. The highest BCUT2D eigenvalue weighted by Gasteiger charge is 1.72. The van der Waals surface area contributed by atoms with Gasteiger partial charge >= 0.3 is 0 Å². The van der Waals surface area contributed by atoms with E-state index in [1.807, 2.05) is 36.6 Å². The molecule has 1 nitrogen and oxygen atoms in total. The maximum Gasteiger partial charge on any atom is 0.0892 e. The van der Waals surface area contributed by atoms with E-state index in [1.165, 1.54) is 0 Å². The van der Waals surface area contributed by atoms with Crippen LogP contribution in [0.25, 0.3) is 0 Å². The minimum absolute atomic E-state index is 1.07. The molecule has 0 amide bonds. The lowest BCUT2D eigenvalue weighted by molar-refractivity contribution is 1.28. The van der Waals surface area contributed by atoms with Crippen LogP contribution in [-0.2, 0) is 0 Å². The van der Waals surface area contributed by atoms with Crippen molar-refractivity contribution in [1.29, 1.82) is 0 Å². The normalized spacial score (nSPS) is 8.50. The molecule has 10 heavy (non-hydrogen) atoms. The van der Waals surface area contributed by atoms with E-state index in [0.29, 0.717) is 0 Å². The molecule has 0 aliphatic carbocycles. The largest absolute Gasteiger partial charge is 0.251 e. The molecule has 1 aromatic heterocycles. The lowest BCUT2D eigenvalue weighted by Gasteiger charge is -1.75. The number of aryl methyl sites for hydroxylation is 1. The minimum atomic E-state index is 1.07. The van der Waals surface area contributed by atoms with Crippen LogP contribution in [0.3, 0.4) is 0 Å². The molecule has 0 aliphatic heterocycles. The predicted octanol–water partition coefficient (Wildman–Crippen LogP) is 2.58. The first-order valence-electron chi connectivity index (χ1n) is 3.09. The highest BCUT2D eigenvalue weighted by Crippen LogP contribution is 1.95. The molecule has 0 saturated heterocycles. The van der Waals surface area contributed by atoms with Gasteiger partial charge in [-0.15, -0.1) is 11.3 Å². The van der Waals surface area contributed by atoms with Crippen LogP contribution in [0, 0.1) is 6.92 Å². The van der Waals surface area contributed by atoms with Gasteiger partial charge in [0.2, 0.25) is 0 Å². The fourth-order valence-electron chi connectivity index (χ4n) is 0.540. The summed E-state index contributed by atoms with van der Waals surface area (Å²) in [4.78, 5) is 4.14. The van der Waals surface area contributed by atoms with E-state index in [-0.39, 0.29) is 0 Å². The average Bonchev–Trinajstić information content (AvgIpc) is 2.02. The van der Waals surface area contributed by atoms with Crippen LogP contribution in [-0.4, -0.2) is 4.98 Å². The maximum atomic E-state index is 4.14. The van der Waals surface area contributed by atoms with Crippen LogP contribution in [0.4, 0.5) is 0 Å². The smallest absolute Gasteiger partial charge is 0.0892 e. The van der Waals surface area contributed by atoms with Gasteiger partial charge in [0.25, 0.3) is 0 Å². The Labute approximate surface area is 64.7 Å². The van der Waals surface area contributed by atoms with E-state index in [1.54, 1.807) is 17.5 Å². The molecule has 1 heterocycles. The van der Waals surface area contributed by atoms with Crippen LogP contribution >= 0.6 is 11.3 Å². The number of nitrogens with zero attached hydrogens (tertiary/aromatic N) is 1. The van der Waals surface area contributed by atoms with Gasteiger partial charge in [0.1, 0.15) is 0 Å². The zero-order chi connectivity index (χ0) is 7.23. The van der Waals surface area contributed by atoms with Crippen molar-refractivity contribution in [3.63, 3.8) is 0 Å². The molecular weight excluding hydrogens is 142 g/mol. The van der Waals surface area contributed by atoms with E-state index in [2.05, 4.69) is 4.98 Å². The topological polar surface area (TPSA) is 12.9 Å². The molecule has 0 bridgehead atoms. The fraction of sp³-hybridized carbons (Fsp3) is 0.125. The van der Waals surface area contributed by atoms with Crippen LogP contribution in [0.2, 0.25) is 0 Å². The predicted molar refractivity (Wildman–Crippen MR) is 44.5 cm³/mol. The van der Waals surface area contributed by atoms with E-state index in [4.69, 9.17) is 0 Å². The van der Waals surface area contributed by atoms with Crippen molar-refractivity contribution >= 4 is 11.3 Å². The Kier molecular flexibility index (Phi) is 2.90. The summed E-state index contributed by atoms with van der Waals surface area (Å²) in [5.41, 5.74) is 0. The summed E-state index contributed by atoms with van der Waals surface area (Å²) in [6.07, 6.45) is 1.80. The van der Waals surface area contributed by atoms with Gasteiger partial charge < -0.3 is 0 Å². The third-order valence-corrected chi connectivity index (χ3v) is 1.73. The first-order valence-corrected chi connectivity index (χ1v) is 3.97. The quantitative estimate of drug-likeness (QED) is 0.555. The molecule has 1 rings (SSSR count). The van der Waals surface area contributed by atoms with Crippen molar-refractivity contribution in [3.8, 4) is 0 Å². The SMILES string of the molecule is Cc1nccccccs1. The molecular formula is C8H9NS. The van der Waals surface area contributed by atoms with E-state index in [9.17, 15) is 0 Å². The van der Waals surface area contributed by atoms with E-state index in [0.717, 1.165) is 5.01 Å². The molecule has 0 aliphatic rings. The van der Waals surface area contributed by atoms with Crippen molar-refractivity contribution < 1.29 is 0 Å². The lowest BCUT2D eigenvalue weighted by atomic mass is 10.5. The Morgan fingerprint density at radius 2 is 2.00 bits per heavy atom. The summed E-state index contributed by atoms with van der Waals surface area (Å²) in [6, 6.07) is 7.86. The Bertz CT molecular complexity index is 217. The Morgan fingerprint density at radius 3 is 2.90 bits per heavy atom. The van der Waals surface area contributed by atoms with Crippen molar-refractivity contribution in [2.24, 2.45) is 0 Å². The zero-order valence-corrected chi connectivity index (χ0v) is 6.64. The average molecular weight is 151 g/mol.